The van der Waals surface area contributed by atoms with Crippen LogP contribution < -0.4 is 0 Å². The van der Waals surface area contributed by atoms with Crippen molar-refractivity contribution in [1.82, 2.24) is 9.88 Å². The van der Waals surface area contributed by atoms with Crippen LogP contribution >= 0.6 is 12.4 Å². The van der Waals surface area contributed by atoms with Crippen LogP contribution in [0.3, 0.4) is 0 Å². The number of rotatable bonds is 1. The molecule has 1 atom stereocenters. The fourth-order valence-electron chi connectivity index (χ4n) is 2.01. The Labute approximate surface area is 91.7 Å². The normalized spacial score (nSPS) is 22.0. The molecule has 0 aromatic carbocycles. The summed E-state index contributed by atoms with van der Waals surface area (Å²) in [6.07, 6.45) is 4.61. The number of nitrogens with zero attached hydrogens (tertiary/aromatic N) is 2. The summed E-state index contributed by atoms with van der Waals surface area (Å²) in [6, 6.07) is 4.91. The summed E-state index contributed by atoms with van der Waals surface area (Å²) in [5, 5.41) is 0. The number of pyridine rings is 1. The van der Waals surface area contributed by atoms with Gasteiger partial charge in [0.1, 0.15) is 0 Å². The van der Waals surface area contributed by atoms with Crippen molar-refractivity contribution in [2.75, 3.05) is 13.6 Å². The van der Waals surface area contributed by atoms with Gasteiger partial charge < -0.3 is 0 Å². The van der Waals surface area contributed by atoms with E-state index in [0.717, 1.165) is 5.69 Å². The summed E-state index contributed by atoms with van der Waals surface area (Å²) >= 11 is 0. The van der Waals surface area contributed by atoms with Gasteiger partial charge in [-0.05, 0) is 45.0 Å². The maximum absolute atomic E-state index is 4.33. The highest BCUT2D eigenvalue weighted by molar-refractivity contribution is 5.85. The Balaban J connectivity index is 0.000000980. The molecule has 1 aromatic heterocycles. The standard InChI is InChI=1S/C11H16N2.ClH/c1-9-5-6-10(8-12-9)11-4-3-7-13(11)2;/h5-6,8,11H,3-4,7H2,1-2H3;1H. The van der Waals surface area contributed by atoms with Crippen LogP contribution in [0.15, 0.2) is 18.3 Å². The Hall–Kier alpha value is -0.600. The molecule has 1 fully saturated rings. The van der Waals surface area contributed by atoms with E-state index >= 15 is 0 Å². The molecular weight excluding hydrogens is 196 g/mol. The first-order valence-corrected chi connectivity index (χ1v) is 4.90. The Kier molecular flexibility index (Phi) is 3.90. The molecular formula is C11H17ClN2. The third-order valence-corrected chi connectivity index (χ3v) is 2.84. The molecule has 1 saturated heterocycles. The molecule has 0 saturated carbocycles. The molecule has 2 rings (SSSR count). The minimum atomic E-state index is 0. The first kappa shape index (κ1) is 11.5. The highest BCUT2D eigenvalue weighted by Gasteiger charge is 2.22. The van der Waals surface area contributed by atoms with Gasteiger partial charge >= 0.3 is 0 Å². The summed E-state index contributed by atoms with van der Waals surface area (Å²) in [6.45, 7) is 3.25. The largest absolute Gasteiger partial charge is 0.299 e. The maximum Gasteiger partial charge on any atom is 0.0372 e. The molecule has 14 heavy (non-hydrogen) atoms. The predicted octanol–water partition coefficient (Wildman–Crippen LogP) is 2.58. The molecule has 78 valence electrons. The second-order valence-corrected chi connectivity index (χ2v) is 3.87. The number of likely N-dealkylation sites (tertiary alicyclic amines) is 1. The van der Waals surface area contributed by atoms with Gasteiger partial charge in [-0.25, -0.2) is 0 Å². The SMILES string of the molecule is Cc1ccc(C2CCCN2C)cn1.Cl. The summed E-state index contributed by atoms with van der Waals surface area (Å²) in [5.41, 5.74) is 2.47. The lowest BCUT2D eigenvalue weighted by molar-refractivity contribution is 0.317. The highest BCUT2D eigenvalue weighted by atomic mass is 35.5. The molecule has 0 aliphatic carbocycles. The molecule has 0 N–H and O–H groups in total. The van der Waals surface area contributed by atoms with E-state index in [0.29, 0.717) is 6.04 Å². The Morgan fingerprint density at radius 2 is 2.21 bits per heavy atom. The molecule has 2 nitrogen and oxygen atoms in total. The molecule has 1 aliphatic rings. The van der Waals surface area contributed by atoms with Gasteiger partial charge in [-0.1, -0.05) is 6.07 Å². The van der Waals surface area contributed by atoms with E-state index in [9.17, 15) is 0 Å². The fraction of sp³-hybridized carbons (Fsp3) is 0.545. The van der Waals surface area contributed by atoms with Gasteiger partial charge in [0.25, 0.3) is 0 Å². The molecule has 0 spiro atoms. The van der Waals surface area contributed by atoms with Gasteiger partial charge in [0, 0.05) is 17.9 Å². The molecule has 3 heteroatoms. The van der Waals surface area contributed by atoms with Crippen molar-refractivity contribution in [2.24, 2.45) is 0 Å². The lowest BCUT2D eigenvalue weighted by Gasteiger charge is -2.19. The zero-order chi connectivity index (χ0) is 9.26. The van der Waals surface area contributed by atoms with Crippen molar-refractivity contribution < 1.29 is 0 Å². The third kappa shape index (κ3) is 2.25. The van der Waals surface area contributed by atoms with E-state index in [4.69, 9.17) is 0 Å². The van der Waals surface area contributed by atoms with Crippen molar-refractivity contribution in [2.45, 2.75) is 25.8 Å². The molecule has 0 radical (unpaired) electrons. The van der Waals surface area contributed by atoms with Crippen LogP contribution in [0.25, 0.3) is 0 Å². The predicted molar refractivity (Wildman–Crippen MR) is 60.8 cm³/mol. The van der Waals surface area contributed by atoms with Crippen LogP contribution in [0.2, 0.25) is 0 Å². The lowest BCUT2D eigenvalue weighted by atomic mass is 10.1. The van der Waals surface area contributed by atoms with Crippen molar-refractivity contribution >= 4 is 12.4 Å². The summed E-state index contributed by atoms with van der Waals surface area (Å²) in [7, 11) is 2.19. The van der Waals surface area contributed by atoms with Crippen LogP contribution in [0.1, 0.15) is 30.1 Å². The smallest absolute Gasteiger partial charge is 0.0372 e. The Bertz CT molecular complexity index is 284. The molecule has 0 bridgehead atoms. The molecule has 2 heterocycles. The van der Waals surface area contributed by atoms with Crippen LogP contribution in [-0.2, 0) is 0 Å². The van der Waals surface area contributed by atoms with Crippen molar-refractivity contribution in [3.8, 4) is 0 Å². The highest BCUT2D eigenvalue weighted by Crippen LogP contribution is 2.29. The summed E-state index contributed by atoms with van der Waals surface area (Å²) in [4.78, 5) is 6.74. The minimum absolute atomic E-state index is 0. The monoisotopic (exact) mass is 212 g/mol. The van der Waals surface area contributed by atoms with Crippen LogP contribution in [0.4, 0.5) is 0 Å². The maximum atomic E-state index is 4.33. The lowest BCUT2D eigenvalue weighted by Crippen LogP contribution is -2.17. The van der Waals surface area contributed by atoms with E-state index in [1.165, 1.54) is 24.9 Å². The minimum Gasteiger partial charge on any atom is -0.299 e. The number of hydrogen-bond acceptors (Lipinski definition) is 2. The molecule has 1 unspecified atom stereocenters. The first-order valence-electron chi connectivity index (χ1n) is 4.90. The number of halogens is 1. The van der Waals surface area contributed by atoms with Crippen molar-refractivity contribution in [1.29, 1.82) is 0 Å². The third-order valence-electron chi connectivity index (χ3n) is 2.84. The summed E-state index contributed by atoms with van der Waals surface area (Å²) in [5.74, 6) is 0. The van der Waals surface area contributed by atoms with E-state index in [1.807, 2.05) is 13.1 Å². The number of hydrogen-bond donors (Lipinski definition) is 0. The first-order chi connectivity index (χ1) is 6.27. The fourth-order valence-corrected chi connectivity index (χ4v) is 2.01. The molecule has 0 amide bonds. The topological polar surface area (TPSA) is 16.1 Å². The number of aromatic nitrogens is 1. The average Bonchev–Trinajstić information content (AvgIpc) is 2.53. The van der Waals surface area contributed by atoms with E-state index in [1.54, 1.807) is 0 Å². The summed E-state index contributed by atoms with van der Waals surface area (Å²) < 4.78 is 0. The van der Waals surface area contributed by atoms with Gasteiger partial charge in [-0.15, -0.1) is 12.4 Å². The second-order valence-electron chi connectivity index (χ2n) is 3.87. The Morgan fingerprint density at radius 1 is 1.43 bits per heavy atom. The zero-order valence-corrected chi connectivity index (χ0v) is 9.55. The van der Waals surface area contributed by atoms with Gasteiger partial charge in [0.15, 0.2) is 0 Å². The Morgan fingerprint density at radius 3 is 2.71 bits per heavy atom. The van der Waals surface area contributed by atoms with E-state index < -0.39 is 0 Å². The zero-order valence-electron chi connectivity index (χ0n) is 8.73. The van der Waals surface area contributed by atoms with E-state index in [2.05, 4.69) is 29.1 Å². The van der Waals surface area contributed by atoms with Gasteiger partial charge in [-0.3, -0.25) is 9.88 Å². The van der Waals surface area contributed by atoms with Crippen molar-refractivity contribution in [3.63, 3.8) is 0 Å². The van der Waals surface area contributed by atoms with E-state index in [-0.39, 0.29) is 12.4 Å². The van der Waals surface area contributed by atoms with Crippen LogP contribution in [-0.4, -0.2) is 23.5 Å². The second kappa shape index (κ2) is 4.76. The van der Waals surface area contributed by atoms with Gasteiger partial charge in [0.2, 0.25) is 0 Å². The van der Waals surface area contributed by atoms with Crippen LogP contribution in [0, 0.1) is 6.92 Å². The van der Waals surface area contributed by atoms with Gasteiger partial charge in [-0.2, -0.15) is 0 Å². The van der Waals surface area contributed by atoms with Gasteiger partial charge in [0.05, 0.1) is 0 Å². The average molecular weight is 213 g/mol. The molecule has 1 aliphatic heterocycles. The van der Waals surface area contributed by atoms with Crippen molar-refractivity contribution in [3.05, 3.63) is 29.6 Å². The quantitative estimate of drug-likeness (QED) is 0.712. The van der Waals surface area contributed by atoms with Crippen LogP contribution in [0.5, 0.6) is 0 Å². The number of aryl methyl sites for hydroxylation is 1. The molecule has 1 aromatic rings.